The van der Waals surface area contributed by atoms with Crippen LogP contribution in [-0.4, -0.2) is 35.5 Å². The lowest BCUT2D eigenvalue weighted by Gasteiger charge is -2.25. The van der Waals surface area contributed by atoms with Gasteiger partial charge in [0, 0.05) is 6.54 Å². The first kappa shape index (κ1) is 16.8. The zero-order chi connectivity index (χ0) is 18.4. The van der Waals surface area contributed by atoms with E-state index in [0.29, 0.717) is 19.4 Å². The van der Waals surface area contributed by atoms with Gasteiger partial charge in [0.25, 0.3) is 0 Å². The fourth-order valence-corrected chi connectivity index (χ4v) is 4.51. The molecule has 0 radical (unpaired) electrons. The number of carbonyl (C=O) groups excluding carboxylic acids is 2. The second kappa shape index (κ2) is 6.23. The first-order valence-corrected chi connectivity index (χ1v) is 8.75. The number of amides is 2. The van der Waals surface area contributed by atoms with Crippen LogP contribution in [0.5, 0.6) is 0 Å². The standard InChI is InChI=1S/C19H19FN2O4/c20-12-3-1-2-4-14(12)22-8-7-13(18(22)24)21-17(23)15-10-5-6-11(9-10)16(15)19(25)26/h1-6,10-11,13,15-16H,7-9H2,(H,21,23)(H,25,26). The van der Waals surface area contributed by atoms with Crippen LogP contribution in [0.15, 0.2) is 36.4 Å². The zero-order valence-electron chi connectivity index (χ0n) is 14.0. The molecule has 1 aromatic rings. The second-order valence-corrected chi connectivity index (χ2v) is 7.13. The van der Waals surface area contributed by atoms with Crippen LogP contribution in [0.4, 0.5) is 10.1 Å². The molecule has 26 heavy (non-hydrogen) atoms. The number of para-hydroxylation sites is 1. The maximum atomic E-state index is 13.9. The normalized spacial score (nSPS) is 32.3. The van der Waals surface area contributed by atoms with Crippen molar-refractivity contribution in [1.29, 1.82) is 0 Å². The predicted octanol–water partition coefficient (Wildman–Crippen LogP) is 1.57. The van der Waals surface area contributed by atoms with Crippen LogP contribution in [-0.2, 0) is 14.4 Å². The third-order valence-corrected chi connectivity index (χ3v) is 5.71. The molecule has 1 aliphatic heterocycles. The molecule has 2 aliphatic carbocycles. The quantitative estimate of drug-likeness (QED) is 0.800. The highest BCUT2D eigenvalue weighted by atomic mass is 19.1. The van der Waals surface area contributed by atoms with Gasteiger partial charge in [-0.3, -0.25) is 14.4 Å². The van der Waals surface area contributed by atoms with Crippen molar-refractivity contribution in [3.8, 4) is 0 Å². The lowest BCUT2D eigenvalue weighted by Crippen LogP contribution is -2.47. The van der Waals surface area contributed by atoms with Crippen molar-refractivity contribution in [2.24, 2.45) is 23.7 Å². The van der Waals surface area contributed by atoms with E-state index in [4.69, 9.17) is 0 Å². The minimum Gasteiger partial charge on any atom is -0.481 e. The summed E-state index contributed by atoms with van der Waals surface area (Å²) >= 11 is 0. The van der Waals surface area contributed by atoms with Crippen LogP contribution in [0.1, 0.15) is 12.8 Å². The lowest BCUT2D eigenvalue weighted by molar-refractivity contribution is -0.148. The van der Waals surface area contributed by atoms with Gasteiger partial charge in [-0.05, 0) is 36.8 Å². The third kappa shape index (κ3) is 2.58. The minimum atomic E-state index is -0.979. The van der Waals surface area contributed by atoms with Gasteiger partial charge in [-0.15, -0.1) is 0 Å². The molecule has 3 aliphatic rings. The Morgan fingerprint density at radius 1 is 1.15 bits per heavy atom. The first-order chi connectivity index (χ1) is 12.5. The summed E-state index contributed by atoms with van der Waals surface area (Å²) in [7, 11) is 0. The molecule has 2 amide bonds. The van der Waals surface area contributed by atoms with Gasteiger partial charge in [0.2, 0.25) is 11.8 Å². The van der Waals surface area contributed by atoms with E-state index in [9.17, 15) is 23.9 Å². The molecular formula is C19H19FN2O4. The highest BCUT2D eigenvalue weighted by Gasteiger charge is 2.52. The number of benzene rings is 1. The van der Waals surface area contributed by atoms with Crippen LogP contribution in [0.3, 0.4) is 0 Å². The van der Waals surface area contributed by atoms with Crippen LogP contribution in [0.25, 0.3) is 0 Å². The highest BCUT2D eigenvalue weighted by molar-refractivity contribution is 6.02. The Balaban J connectivity index is 1.47. The highest BCUT2D eigenvalue weighted by Crippen LogP contribution is 2.48. The molecule has 4 rings (SSSR count). The molecule has 2 N–H and O–H groups in total. The average Bonchev–Trinajstić information content (AvgIpc) is 3.31. The van der Waals surface area contributed by atoms with Gasteiger partial charge in [-0.2, -0.15) is 0 Å². The molecule has 5 unspecified atom stereocenters. The van der Waals surface area contributed by atoms with Gasteiger partial charge in [0.1, 0.15) is 11.9 Å². The number of hydrogen-bond acceptors (Lipinski definition) is 3. The van der Waals surface area contributed by atoms with Gasteiger partial charge in [0.05, 0.1) is 17.5 Å². The number of aliphatic carboxylic acids is 1. The Kier molecular flexibility index (Phi) is 4.01. The number of nitrogens with one attached hydrogen (secondary N) is 1. The summed E-state index contributed by atoms with van der Waals surface area (Å²) in [4.78, 5) is 38.2. The Morgan fingerprint density at radius 3 is 2.54 bits per heavy atom. The second-order valence-electron chi connectivity index (χ2n) is 7.13. The smallest absolute Gasteiger partial charge is 0.307 e. The number of hydrogen-bond donors (Lipinski definition) is 2. The molecule has 1 saturated heterocycles. The number of anilines is 1. The van der Waals surface area contributed by atoms with E-state index in [1.165, 1.54) is 17.0 Å². The largest absolute Gasteiger partial charge is 0.481 e. The number of allylic oxidation sites excluding steroid dienone is 2. The average molecular weight is 358 g/mol. The number of rotatable bonds is 4. The van der Waals surface area contributed by atoms with E-state index < -0.39 is 35.6 Å². The third-order valence-electron chi connectivity index (χ3n) is 5.71. The van der Waals surface area contributed by atoms with Crippen molar-refractivity contribution in [2.75, 3.05) is 11.4 Å². The van der Waals surface area contributed by atoms with Gasteiger partial charge < -0.3 is 15.3 Å². The van der Waals surface area contributed by atoms with Crippen LogP contribution in [0.2, 0.25) is 0 Å². The molecule has 2 fully saturated rings. The van der Waals surface area contributed by atoms with Crippen LogP contribution >= 0.6 is 0 Å². The van der Waals surface area contributed by atoms with Crippen molar-refractivity contribution in [3.05, 3.63) is 42.2 Å². The number of carboxylic acid groups (broad SMARTS) is 1. The van der Waals surface area contributed by atoms with Crippen molar-refractivity contribution < 1.29 is 23.9 Å². The Labute approximate surface area is 149 Å². The van der Waals surface area contributed by atoms with Crippen LogP contribution in [0, 0.1) is 29.5 Å². The van der Waals surface area contributed by atoms with Crippen molar-refractivity contribution in [2.45, 2.75) is 18.9 Å². The summed E-state index contributed by atoms with van der Waals surface area (Å²) in [6.45, 7) is 0.309. The molecule has 0 aromatic heterocycles. The Bertz CT molecular complexity index is 808. The fourth-order valence-electron chi connectivity index (χ4n) is 4.51. The zero-order valence-corrected chi connectivity index (χ0v) is 14.0. The fraction of sp³-hybridized carbons (Fsp3) is 0.421. The molecule has 1 aromatic carbocycles. The van der Waals surface area contributed by atoms with Gasteiger partial charge in [-0.1, -0.05) is 24.3 Å². The minimum absolute atomic E-state index is 0.0970. The summed E-state index contributed by atoms with van der Waals surface area (Å²) in [5.41, 5.74) is 0.195. The molecule has 6 nitrogen and oxygen atoms in total. The van der Waals surface area contributed by atoms with Gasteiger partial charge in [0.15, 0.2) is 0 Å². The Morgan fingerprint density at radius 2 is 1.85 bits per heavy atom. The number of carboxylic acids is 1. The molecule has 7 heteroatoms. The monoisotopic (exact) mass is 358 g/mol. The van der Waals surface area contributed by atoms with E-state index in [2.05, 4.69) is 5.32 Å². The molecule has 1 saturated carbocycles. The van der Waals surface area contributed by atoms with E-state index >= 15 is 0 Å². The molecule has 0 spiro atoms. The number of fused-ring (bicyclic) bond motifs is 2. The molecule has 1 heterocycles. The maximum absolute atomic E-state index is 13.9. The number of nitrogens with zero attached hydrogens (tertiary/aromatic N) is 1. The number of carbonyl (C=O) groups is 3. The van der Waals surface area contributed by atoms with E-state index in [1.54, 1.807) is 12.1 Å². The van der Waals surface area contributed by atoms with Gasteiger partial charge in [-0.25, -0.2) is 4.39 Å². The summed E-state index contributed by atoms with van der Waals surface area (Å²) in [6.07, 6.45) is 4.80. The lowest BCUT2D eigenvalue weighted by atomic mass is 9.82. The first-order valence-electron chi connectivity index (χ1n) is 8.75. The SMILES string of the molecule is O=C(O)C1C2C=CC(C2)C1C(=O)NC1CCN(c2ccccc2F)C1=O. The summed E-state index contributed by atoms with van der Waals surface area (Å²) in [6, 6.07) is 5.26. The molecule has 136 valence electrons. The summed E-state index contributed by atoms with van der Waals surface area (Å²) in [5.74, 6) is -3.86. The van der Waals surface area contributed by atoms with Crippen molar-refractivity contribution >= 4 is 23.5 Å². The van der Waals surface area contributed by atoms with E-state index in [0.717, 1.165) is 0 Å². The predicted molar refractivity (Wildman–Crippen MR) is 90.7 cm³/mol. The van der Waals surface area contributed by atoms with Crippen molar-refractivity contribution in [1.82, 2.24) is 5.32 Å². The summed E-state index contributed by atoms with van der Waals surface area (Å²) in [5, 5.41) is 12.2. The molecular weight excluding hydrogens is 339 g/mol. The maximum Gasteiger partial charge on any atom is 0.307 e. The van der Waals surface area contributed by atoms with E-state index in [-0.39, 0.29) is 23.4 Å². The summed E-state index contributed by atoms with van der Waals surface area (Å²) < 4.78 is 13.9. The Hall–Kier alpha value is -2.70. The molecule has 2 bridgehead atoms. The number of halogens is 1. The van der Waals surface area contributed by atoms with E-state index in [1.807, 2.05) is 12.2 Å². The van der Waals surface area contributed by atoms with Gasteiger partial charge >= 0.3 is 5.97 Å². The topological polar surface area (TPSA) is 86.7 Å². The van der Waals surface area contributed by atoms with Crippen molar-refractivity contribution in [3.63, 3.8) is 0 Å². The molecule has 5 atom stereocenters. The van der Waals surface area contributed by atoms with Crippen LogP contribution < -0.4 is 10.2 Å².